The Bertz CT molecular complexity index is 57.4. The molecule has 13 heavy (non-hydrogen) atoms. The van der Waals surface area contributed by atoms with Crippen molar-refractivity contribution in [2.24, 2.45) is 5.92 Å². The van der Waals surface area contributed by atoms with E-state index in [9.17, 15) is 0 Å². The minimum absolute atomic E-state index is 0.833. The van der Waals surface area contributed by atoms with Crippen LogP contribution in [0.3, 0.4) is 0 Å². The van der Waals surface area contributed by atoms with Crippen molar-refractivity contribution in [2.75, 3.05) is 20.1 Å². The minimum Gasteiger partial charge on any atom is -0.307 e. The summed E-state index contributed by atoms with van der Waals surface area (Å²) in [4.78, 5) is 2.31. The van der Waals surface area contributed by atoms with Gasteiger partial charge in [-0.3, -0.25) is 0 Å². The first-order valence-electron chi connectivity index (χ1n) is 5.73. The SMILES string of the molecule is CC.CC(C)C.CCCN(C)CC. The van der Waals surface area contributed by atoms with Gasteiger partial charge in [-0.1, -0.05) is 48.5 Å². The van der Waals surface area contributed by atoms with Crippen molar-refractivity contribution in [3.63, 3.8) is 0 Å². The van der Waals surface area contributed by atoms with Gasteiger partial charge in [0.25, 0.3) is 0 Å². The first-order valence-corrected chi connectivity index (χ1v) is 5.73. The highest BCUT2D eigenvalue weighted by Crippen LogP contribution is 1.82. The fourth-order valence-corrected chi connectivity index (χ4v) is 0.540. The lowest BCUT2D eigenvalue weighted by Gasteiger charge is -2.10. The lowest BCUT2D eigenvalue weighted by atomic mass is 10.3. The molecule has 0 fully saturated rings. The number of hydrogen-bond acceptors (Lipinski definition) is 1. The van der Waals surface area contributed by atoms with Gasteiger partial charge in [0.1, 0.15) is 0 Å². The second-order valence-electron chi connectivity index (χ2n) is 3.63. The minimum atomic E-state index is 0.833. The van der Waals surface area contributed by atoms with Crippen molar-refractivity contribution >= 4 is 0 Å². The highest BCUT2D eigenvalue weighted by molar-refractivity contribution is 4.41. The highest BCUT2D eigenvalue weighted by atomic mass is 15.1. The molecule has 0 atom stereocenters. The molecule has 0 aromatic carbocycles. The van der Waals surface area contributed by atoms with Crippen molar-refractivity contribution in [1.29, 1.82) is 0 Å². The van der Waals surface area contributed by atoms with Gasteiger partial charge in [0.15, 0.2) is 0 Å². The van der Waals surface area contributed by atoms with E-state index in [1.165, 1.54) is 19.5 Å². The molecule has 84 valence electrons. The van der Waals surface area contributed by atoms with E-state index in [2.05, 4.69) is 46.6 Å². The zero-order valence-corrected chi connectivity index (χ0v) is 11.1. The van der Waals surface area contributed by atoms with Crippen LogP contribution in [-0.2, 0) is 0 Å². The molecule has 0 saturated heterocycles. The summed E-state index contributed by atoms with van der Waals surface area (Å²) in [5, 5.41) is 0. The maximum absolute atomic E-state index is 2.31. The third-order valence-electron chi connectivity index (χ3n) is 1.15. The molecule has 0 aliphatic heterocycles. The number of rotatable bonds is 3. The molecule has 1 heteroatoms. The maximum Gasteiger partial charge on any atom is -0.00245 e. The van der Waals surface area contributed by atoms with E-state index in [1.54, 1.807) is 0 Å². The summed E-state index contributed by atoms with van der Waals surface area (Å²) in [6.45, 7) is 17.3. The van der Waals surface area contributed by atoms with Crippen LogP contribution in [0.1, 0.15) is 54.9 Å². The van der Waals surface area contributed by atoms with Crippen LogP contribution in [0.5, 0.6) is 0 Å². The molecule has 0 spiro atoms. The van der Waals surface area contributed by atoms with E-state index in [-0.39, 0.29) is 0 Å². The summed E-state index contributed by atoms with van der Waals surface area (Å²) in [5.41, 5.74) is 0. The van der Waals surface area contributed by atoms with Crippen molar-refractivity contribution in [3.05, 3.63) is 0 Å². The predicted octanol–water partition coefficient (Wildman–Crippen LogP) is 4.04. The van der Waals surface area contributed by atoms with Gasteiger partial charge in [-0.05, 0) is 32.5 Å². The van der Waals surface area contributed by atoms with E-state index >= 15 is 0 Å². The van der Waals surface area contributed by atoms with Crippen LogP contribution in [0.15, 0.2) is 0 Å². The van der Waals surface area contributed by atoms with Gasteiger partial charge >= 0.3 is 0 Å². The summed E-state index contributed by atoms with van der Waals surface area (Å²) in [5.74, 6) is 0.833. The quantitative estimate of drug-likeness (QED) is 0.648. The second kappa shape index (κ2) is 17.9. The lowest BCUT2D eigenvalue weighted by molar-refractivity contribution is 0.353. The summed E-state index contributed by atoms with van der Waals surface area (Å²) in [6.07, 6.45) is 1.27. The molecule has 0 aromatic rings. The fourth-order valence-electron chi connectivity index (χ4n) is 0.540. The van der Waals surface area contributed by atoms with Crippen molar-refractivity contribution < 1.29 is 0 Å². The van der Waals surface area contributed by atoms with Gasteiger partial charge in [-0.2, -0.15) is 0 Å². The molecular weight excluding hydrogens is 158 g/mol. The molecule has 1 nitrogen and oxygen atoms in total. The third-order valence-corrected chi connectivity index (χ3v) is 1.15. The van der Waals surface area contributed by atoms with E-state index in [0.717, 1.165) is 5.92 Å². The molecule has 0 aromatic heterocycles. The van der Waals surface area contributed by atoms with Gasteiger partial charge in [0, 0.05) is 0 Å². The molecule has 0 bridgehead atoms. The van der Waals surface area contributed by atoms with Crippen molar-refractivity contribution in [1.82, 2.24) is 4.90 Å². The second-order valence-corrected chi connectivity index (χ2v) is 3.63. The molecule has 0 heterocycles. The average Bonchev–Trinajstić information content (AvgIpc) is 2.07. The Hall–Kier alpha value is -0.0400. The normalized spacial score (nSPS) is 8.77. The van der Waals surface area contributed by atoms with Gasteiger partial charge in [0.05, 0.1) is 0 Å². The van der Waals surface area contributed by atoms with Crippen molar-refractivity contribution in [3.8, 4) is 0 Å². The van der Waals surface area contributed by atoms with Crippen LogP contribution in [0.2, 0.25) is 0 Å². The Kier molecular flexibility index (Phi) is 25.7. The van der Waals surface area contributed by atoms with E-state index < -0.39 is 0 Å². The van der Waals surface area contributed by atoms with Crippen LogP contribution in [0.4, 0.5) is 0 Å². The Balaban J connectivity index is -0.000000142. The van der Waals surface area contributed by atoms with Crippen LogP contribution in [0, 0.1) is 5.92 Å². The smallest absolute Gasteiger partial charge is 0.00245 e. The van der Waals surface area contributed by atoms with Crippen LogP contribution in [-0.4, -0.2) is 25.0 Å². The molecule has 0 rings (SSSR count). The lowest BCUT2D eigenvalue weighted by Crippen LogP contribution is -2.17. The first kappa shape index (κ1) is 18.7. The Morgan fingerprint density at radius 3 is 1.38 bits per heavy atom. The Morgan fingerprint density at radius 1 is 1.00 bits per heavy atom. The van der Waals surface area contributed by atoms with E-state index in [1.807, 2.05) is 13.8 Å². The van der Waals surface area contributed by atoms with Gasteiger partial charge in [-0.15, -0.1) is 0 Å². The van der Waals surface area contributed by atoms with Crippen LogP contribution < -0.4 is 0 Å². The monoisotopic (exact) mass is 189 g/mol. The molecule has 0 N–H and O–H groups in total. The zero-order chi connectivity index (χ0) is 11.3. The van der Waals surface area contributed by atoms with Gasteiger partial charge in [0.2, 0.25) is 0 Å². The van der Waals surface area contributed by atoms with Gasteiger partial charge < -0.3 is 4.90 Å². The van der Waals surface area contributed by atoms with Crippen molar-refractivity contribution in [2.45, 2.75) is 54.9 Å². The topological polar surface area (TPSA) is 3.24 Å². The Labute approximate surface area is 86.5 Å². The standard InChI is InChI=1S/C6H15N.C4H10.C2H6/c1-4-6-7(3)5-2;1-4(2)3;1-2/h4-6H2,1-3H3;4H,1-3H3;1-2H3. The molecule has 0 amide bonds. The summed E-state index contributed by atoms with van der Waals surface area (Å²) < 4.78 is 0. The average molecular weight is 189 g/mol. The van der Waals surface area contributed by atoms with Crippen LogP contribution >= 0.6 is 0 Å². The van der Waals surface area contributed by atoms with Gasteiger partial charge in [-0.25, -0.2) is 0 Å². The van der Waals surface area contributed by atoms with E-state index in [4.69, 9.17) is 0 Å². The zero-order valence-electron chi connectivity index (χ0n) is 11.1. The highest BCUT2D eigenvalue weighted by Gasteiger charge is 1.86. The number of hydrogen-bond donors (Lipinski definition) is 0. The third kappa shape index (κ3) is 48.2. The summed E-state index contributed by atoms with van der Waals surface area (Å²) in [6, 6.07) is 0. The van der Waals surface area contributed by atoms with E-state index in [0.29, 0.717) is 0 Å². The summed E-state index contributed by atoms with van der Waals surface area (Å²) >= 11 is 0. The molecule has 0 saturated carbocycles. The maximum atomic E-state index is 2.31. The predicted molar refractivity (Wildman–Crippen MR) is 65.3 cm³/mol. The Morgan fingerprint density at radius 2 is 1.31 bits per heavy atom. The molecule has 0 radical (unpaired) electrons. The molecule has 0 aliphatic rings. The molecule has 0 unspecified atom stereocenters. The first-order chi connectivity index (χ1) is 6.04. The molecule has 0 aliphatic carbocycles. The number of nitrogens with zero attached hydrogens (tertiary/aromatic N) is 1. The fraction of sp³-hybridized carbons (Fsp3) is 1.00. The van der Waals surface area contributed by atoms with Crippen LogP contribution in [0.25, 0.3) is 0 Å². The summed E-state index contributed by atoms with van der Waals surface area (Å²) in [7, 11) is 2.14. The largest absolute Gasteiger partial charge is 0.307 e. The molecular formula is C12H31N.